The zero-order chi connectivity index (χ0) is 22.4. The van der Waals surface area contributed by atoms with Crippen molar-refractivity contribution < 1.29 is 27.4 Å². The van der Waals surface area contributed by atoms with Gasteiger partial charge >= 0.3 is 6.09 Å². The number of rotatable bonds is 8. The Hall–Kier alpha value is -3.14. The van der Waals surface area contributed by atoms with Crippen LogP contribution in [0.25, 0.3) is 11.1 Å². The number of carbonyl (C=O) groups is 1. The number of alkyl halides is 1. The van der Waals surface area contributed by atoms with Crippen molar-refractivity contribution in [2.75, 3.05) is 37.9 Å². The molecule has 1 fully saturated rings. The van der Waals surface area contributed by atoms with Gasteiger partial charge in [0.1, 0.15) is 12.5 Å². The Kier molecular flexibility index (Phi) is 7.45. The number of hydrogen-bond donors (Lipinski definition) is 2. The molecule has 0 aliphatic carbocycles. The van der Waals surface area contributed by atoms with E-state index < -0.39 is 24.4 Å². The molecule has 1 amide bonds. The Labute approximate surface area is 177 Å². The number of amides is 1. The summed E-state index contributed by atoms with van der Waals surface area (Å²) in [5.74, 6) is -1.06. The monoisotopic (exact) mass is 436 g/mol. The third-order valence-electron chi connectivity index (χ3n) is 4.68. The van der Waals surface area contributed by atoms with E-state index in [1.54, 1.807) is 17.0 Å². The smallest absolute Gasteiger partial charge is 0.412 e. The number of anilines is 1. The van der Waals surface area contributed by atoms with Crippen LogP contribution < -0.4 is 10.2 Å². The second-order valence-corrected chi connectivity index (χ2v) is 7.03. The maximum absolute atomic E-state index is 14.9. The van der Waals surface area contributed by atoms with E-state index >= 15 is 0 Å². The number of benzene rings is 1. The van der Waals surface area contributed by atoms with Gasteiger partial charge in [0.25, 0.3) is 0 Å². The van der Waals surface area contributed by atoms with Gasteiger partial charge in [-0.2, -0.15) is 0 Å². The number of aromatic nitrogens is 1. The number of pyridine rings is 1. The lowest BCUT2D eigenvalue weighted by molar-refractivity contribution is 0.0262. The Morgan fingerprint density at radius 2 is 2.10 bits per heavy atom. The molecule has 3 rings (SSSR count). The number of alkyl carbamates (subject to hydrolysis) is 1. The zero-order valence-electron chi connectivity index (χ0n) is 17.0. The first-order valence-corrected chi connectivity index (χ1v) is 9.73. The number of carbonyl (C=O) groups excluding carboxylic acids is 1. The van der Waals surface area contributed by atoms with E-state index in [4.69, 9.17) is 14.9 Å². The van der Waals surface area contributed by atoms with Gasteiger partial charge in [0.05, 0.1) is 25.2 Å². The first-order valence-electron chi connectivity index (χ1n) is 9.73. The molecule has 0 spiro atoms. The highest BCUT2D eigenvalue weighted by atomic mass is 19.1. The number of nitrogens with one attached hydrogen (secondary N) is 2. The molecule has 1 aliphatic heterocycles. The summed E-state index contributed by atoms with van der Waals surface area (Å²) in [7, 11) is 0. The number of hydrogen-bond acceptors (Lipinski definition) is 6. The highest BCUT2D eigenvalue weighted by molar-refractivity contribution is 5.91. The second-order valence-electron chi connectivity index (χ2n) is 7.03. The fourth-order valence-corrected chi connectivity index (χ4v) is 3.18. The molecule has 166 valence electrons. The zero-order valence-corrected chi connectivity index (χ0v) is 17.0. The normalized spacial score (nSPS) is 13.6. The largest absolute Gasteiger partial charge is 0.449 e. The molecule has 2 N–H and O–H groups in total. The minimum atomic E-state index is -0.783. The quantitative estimate of drug-likeness (QED) is 0.489. The minimum Gasteiger partial charge on any atom is -0.449 e. The van der Waals surface area contributed by atoms with Gasteiger partial charge in [-0.25, -0.2) is 22.9 Å². The van der Waals surface area contributed by atoms with Crippen molar-refractivity contribution in [1.29, 1.82) is 5.41 Å². The van der Waals surface area contributed by atoms with Crippen LogP contribution in [0.2, 0.25) is 0 Å². The van der Waals surface area contributed by atoms with Crippen molar-refractivity contribution in [2.45, 2.75) is 19.4 Å². The number of nitrogens with zero attached hydrogens (tertiary/aromatic N) is 2. The van der Waals surface area contributed by atoms with Gasteiger partial charge in [0, 0.05) is 36.8 Å². The van der Waals surface area contributed by atoms with Crippen LogP contribution in [0.1, 0.15) is 12.5 Å². The molecule has 0 radical (unpaired) electrons. The summed E-state index contributed by atoms with van der Waals surface area (Å²) in [5.41, 5.74) is 0.768. The summed E-state index contributed by atoms with van der Waals surface area (Å²) in [5, 5.41) is 9.34. The van der Waals surface area contributed by atoms with E-state index in [0.717, 1.165) is 0 Å². The molecule has 7 nitrogen and oxygen atoms in total. The highest BCUT2D eigenvalue weighted by Crippen LogP contribution is 2.30. The van der Waals surface area contributed by atoms with Crippen LogP contribution >= 0.6 is 0 Å². The Morgan fingerprint density at radius 1 is 1.32 bits per heavy atom. The summed E-state index contributed by atoms with van der Waals surface area (Å²) in [6.07, 6.45) is 0.575. The first kappa shape index (κ1) is 22.5. The van der Waals surface area contributed by atoms with Crippen LogP contribution in [0.5, 0.6) is 0 Å². The fraction of sp³-hybridized carbons (Fsp3) is 0.381. The van der Waals surface area contributed by atoms with Crippen LogP contribution in [0.4, 0.5) is 23.8 Å². The van der Waals surface area contributed by atoms with E-state index in [2.05, 4.69) is 10.3 Å². The average Bonchev–Trinajstić information content (AvgIpc) is 2.68. The van der Waals surface area contributed by atoms with E-state index in [0.29, 0.717) is 18.7 Å². The molecule has 0 bridgehead atoms. The molecular weight excluding hydrogens is 413 g/mol. The van der Waals surface area contributed by atoms with Crippen LogP contribution in [-0.2, 0) is 15.9 Å². The number of ether oxygens (including phenoxy) is 2. The molecule has 0 atom stereocenters. The Balaban J connectivity index is 1.65. The lowest BCUT2D eigenvalue weighted by atomic mass is 10.0. The molecule has 10 heteroatoms. The molecule has 2 heterocycles. The summed E-state index contributed by atoms with van der Waals surface area (Å²) < 4.78 is 51.8. The summed E-state index contributed by atoms with van der Waals surface area (Å²) in [6, 6.07) is 5.92. The maximum Gasteiger partial charge on any atom is 0.412 e. The number of halogens is 3. The minimum absolute atomic E-state index is 0.0149. The SMILES string of the molecule is CC(=N)NC(=O)OCCc1cccc(-c2cnc(N3CC(OCCF)C3)c(F)c2)c1F. The van der Waals surface area contributed by atoms with E-state index in [9.17, 15) is 18.0 Å². The first-order chi connectivity index (χ1) is 14.9. The van der Waals surface area contributed by atoms with Gasteiger partial charge < -0.3 is 14.4 Å². The van der Waals surface area contributed by atoms with Gasteiger partial charge in [-0.05, 0) is 18.6 Å². The summed E-state index contributed by atoms with van der Waals surface area (Å²) in [4.78, 5) is 17.2. The second kappa shape index (κ2) is 10.3. The molecule has 1 aliphatic rings. The standard InChI is InChI=1S/C21H23F3N4O3/c1-13(25)27-21(29)31-7-5-14-3-2-4-17(19(14)24)15-9-18(23)20(26-10-15)28-11-16(12-28)30-8-6-22/h2-4,9-10,16H,5-8,11-12H2,1H3,(H2,25,27,29). The van der Waals surface area contributed by atoms with Gasteiger partial charge in [-0.3, -0.25) is 10.7 Å². The summed E-state index contributed by atoms with van der Waals surface area (Å²) >= 11 is 0. The van der Waals surface area contributed by atoms with Gasteiger partial charge in [-0.15, -0.1) is 0 Å². The topological polar surface area (TPSA) is 87.5 Å². The van der Waals surface area contributed by atoms with Crippen molar-refractivity contribution in [3.05, 3.63) is 47.7 Å². The van der Waals surface area contributed by atoms with Gasteiger partial charge in [-0.1, -0.05) is 18.2 Å². The predicted molar refractivity (Wildman–Crippen MR) is 109 cm³/mol. The van der Waals surface area contributed by atoms with Crippen LogP contribution in [0.15, 0.2) is 30.5 Å². The van der Waals surface area contributed by atoms with Crippen molar-refractivity contribution >= 4 is 17.7 Å². The molecule has 1 aromatic heterocycles. The molecule has 1 saturated heterocycles. The third-order valence-corrected chi connectivity index (χ3v) is 4.68. The molecule has 0 saturated carbocycles. The van der Waals surface area contributed by atoms with Crippen molar-refractivity contribution in [2.24, 2.45) is 0 Å². The fourth-order valence-electron chi connectivity index (χ4n) is 3.18. The van der Waals surface area contributed by atoms with Crippen LogP contribution in [-0.4, -0.2) is 56.0 Å². The lowest BCUT2D eigenvalue weighted by Crippen LogP contribution is -2.53. The van der Waals surface area contributed by atoms with Crippen molar-refractivity contribution in [3.8, 4) is 11.1 Å². The van der Waals surface area contributed by atoms with E-state index in [1.807, 2.05) is 0 Å². The van der Waals surface area contributed by atoms with Crippen molar-refractivity contribution in [1.82, 2.24) is 10.3 Å². The van der Waals surface area contributed by atoms with Crippen LogP contribution in [0, 0.1) is 17.0 Å². The number of amidine groups is 1. The molecular formula is C21H23F3N4O3. The van der Waals surface area contributed by atoms with Crippen molar-refractivity contribution in [3.63, 3.8) is 0 Å². The molecule has 31 heavy (non-hydrogen) atoms. The van der Waals surface area contributed by atoms with E-state index in [1.165, 1.54) is 25.3 Å². The Morgan fingerprint density at radius 3 is 2.77 bits per heavy atom. The van der Waals surface area contributed by atoms with Gasteiger partial charge in [0.2, 0.25) is 0 Å². The summed E-state index contributed by atoms with van der Waals surface area (Å²) in [6.45, 7) is 1.60. The molecule has 1 aromatic carbocycles. The molecule has 0 unspecified atom stereocenters. The Bertz CT molecular complexity index is 951. The average molecular weight is 436 g/mol. The van der Waals surface area contributed by atoms with E-state index in [-0.39, 0.29) is 48.5 Å². The lowest BCUT2D eigenvalue weighted by Gasteiger charge is -2.39. The predicted octanol–water partition coefficient (Wildman–Crippen LogP) is 3.47. The highest BCUT2D eigenvalue weighted by Gasteiger charge is 2.30. The van der Waals surface area contributed by atoms with Gasteiger partial charge in [0.15, 0.2) is 11.6 Å². The third kappa shape index (κ3) is 5.72. The van der Waals surface area contributed by atoms with Crippen LogP contribution in [0.3, 0.4) is 0 Å². The molecule has 2 aromatic rings. The maximum atomic E-state index is 14.9.